The van der Waals surface area contributed by atoms with E-state index in [1.54, 1.807) is 13.0 Å². The number of nitrogens with zero attached hydrogens (tertiary/aromatic N) is 1. The Bertz CT molecular complexity index is 916. The maximum atomic E-state index is 13.4. The maximum Gasteiger partial charge on any atom is 0.269 e. The molecule has 7 nitrogen and oxygen atoms in total. The molecule has 0 unspecified atom stereocenters. The number of nitrogens with two attached hydrogens (primary N) is 1. The van der Waals surface area contributed by atoms with Gasteiger partial charge in [0, 0.05) is 18.2 Å². The smallest absolute Gasteiger partial charge is 0.269 e. The highest BCUT2D eigenvalue weighted by Gasteiger charge is 2.22. The van der Waals surface area contributed by atoms with E-state index >= 15 is 0 Å². The van der Waals surface area contributed by atoms with E-state index in [2.05, 4.69) is 4.72 Å². The van der Waals surface area contributed by atoms with E-state index in [1.165, 1.54) is 31.3 Å². The molecule has 2 aromatic carbocycles. The summed E-state index contributed by atoms with van der Waals surface area (Å²) in [7, 11) is -2.55. The minimum atomic E-state index is -3.80. The first kappa shape index (κ1) is 19.0. The van der Waals surface area contributed by atoms with Crippen LogP contribution in [0.1, 0.15) is 22.7 Å². The summed E-state index contributed by atoms with van der Waals surface area (Å²) >= 11 is 0. The molecule has 0 bridgehead atoms. The molecule has 2 rings (SSSR count). The molecular weight excluding hydrogens is 349 g/mol. The monoisotopic (exact) mass is 367 g/mol. The standard InChI is InChI=1S/C16H18FN3O4S/c1-10-7-11(3-5-14(10)17)15(18)9-12-8-13(20(21)22)4-6-16(12)25(23,24)19-2/h3-8,15,19H,9,18H2,1-2H3/t15-/m0/s1. The quantitative estimate of drug-likeness (QED) is 0.600. The predicted molar refractivity (Wildman–Crippen MR) is 91.1 cm³/mol. The van der Waals surface area contributed by atoms with Crippen LogP contribution in [0.5, 0.6) is 0 Å². The maximum absolute atomic E-state index is 13.4. The summed E-state index contributed by atoms with van der Waals surface area (Å²) in [4.78, 5) is 10.3. The Balaban J connectivity index is 2.46. The largest absolute Gasteiger partial charge is 0.324 e. The number of aryl methyl sites for hydroxylation is 1. The van der Waals surface area contributed by atoms with Gasteiger partial charge < -0.3 is 5.73 Å². The van der Waals surface area contributed by atoms with Crippen LogP contribution in [0, 0.1) is 22.9 Å². The number of nitrogens with one attached hydrogen (secondary N) is 1. The summed E-state index contributed by atoms with van der Waals surface area (Å²) in [5, 5.41) is 11.0. The Hall–Kier alpha value is -2.36. The molecule has 25 heavy (non-hydrogen) atoms. The van der Waals surface area contributed by atoms with Crippen LogP contribution in [0.2, 0.25) is 0 Å². The number of sulfonamides is 1. The van der Waals surface area contributed by atoms with Gasteiger partial charge in [-0.1, -0.05) is 12.1 Å². The summed E-state index contributed by atoms with van der Waals surface area (Å²) in [6.45, 7) is 1.59. The van der Waals surface area contributed by atoms with Crippen LogP contribution in [-0.4, -0.2) is 20.4 Å². The second-order valence-corrected chi connectivity index (χ2v) is 7.43. The van der Waals surface area contributed by atoms with Crippen molar-refractivity contribution in [3.8, 4) is 0 Å². The second-order valence-electron chi connectivity index (χ2n) is 5.58. The Morgan fingerprint density at radius 1 is 1.28 bits per heavy atom. The van der Waals surface area contributed by atoms with Crippen molar-refractivity contribution in [3.63, 3.8) is 0 Å². The first-order valence-electron chi connectivity index (χ1n) is 7.38. The number of nitro benzene ring substituents is 1. The predicted octanol–water partition coefficient (Wildman–Crippen LogP) is 2.19. The molecule has 0 aliphatic carbocycles. The van der Waals surface area contributed by atoms with E-state index in [-0.39, 0.29) is 28.4 Å². The lowest BCUT2D eigenvalue weighted by atomic mass is 9.98. The van der Waals surface area contributed by atoms with Crippen molar-refractivity contribution in [2.75, 3.05) is 7.05 Å². The van der Waals surface area contributed by atoms with Gasteiger partial charge in [0.2, 0.25) is 10.0 Å². The van der Waals surface area contributed by atoms with Gasteiger partial charge in [0.1, 0.15) is 5.82 Å². The van der Waals surface area contributed by atoms with Crippen LogP contribution < -0.4 is 10.5 Å². The van der Waals surface area contributed by atoms with Gasteiger partial charge >= 0.3 is 0 Å². The van der Waals surface area contributed by atoms with E-state index in [9.17, 15) is 22.9 Å². The SMILES string of the molecule is CNS(=O)(=O)c1ccc([N+](=O)[O-])cc1C[C@H](N)c1ccc(F)c(C)c1. The number of benzene rings is 2. The van der Waals surface area contributed by atoms with Gasteiger partial charge in [-0.05, 0) is 49.2 Å². The summed E-state index contributed by atoms with van der Waals surface area (Å²) in [6, 6.07) is 7.22. The summed E-state index contributed by atoms with van der Waals surface area (Å²) in [5.74, 6) is -0.371. The Kier molecular flexibility index (Phi) is 5.51. The molecule has 1 atom stereocenters. The van der Waals surface area contributed by atoms with Crippen molar-refractivity contribution >= 4 is 15.7 Å². The van der Waals surface area contributed by atoms with E-state index in [0.29, 0.717) is 11.1 Å². The third-order valence-electron chi connectivity index (χ3n) is 3.86. The van der Waals surface area contributed by atoms with E-state index < -0.39 is 21.0 Å². The van der Waals surface area contributed by atoms with Crippen LogP contribution in [0.4, 0.5) is 10.1 Å². The third-order valence-corrected chi connectivity index (χ3v) is 5.38. The molecule has 0 radical (unpaired) electrons. The molecule has 0 saturated heterocycles. The first-order valence-corrected chi connectivity index (χ1v) is 8.86. The molecule has 0 fully saturated rings. The number of rotatable bonds is 6. The average molecular weight is 367 g/mol. The minimum absolute atomic E-state index is 0.0446. The van der Waals surface area contributed by atoms with Crippen molar-refractivity contribution in [2.45, 2.75) is 24.3 Å². The van der Waals surface area contributed by atoms with Gasteiger partial charge in [-0.2, -0.15) is 0 Å². The van der Waals surface area contributed by atoms with Gasteiger partial charge in [-0.3, -0.25) is 10.1 Å². The van der Waals surface area contributed by atoms with Crippen molar-refractivity contribution in [2.24, 2.45) is 5.73 Å². The molecule has 134 valence electrons. The molecule has 0 aliphatic rings. The lowest BCUT2D eigenvalue weighted by Crippen LogP contribution is -2.22. The number of hydrogen-bond acceptors (Lipinski definition) is 5. The van der Waals surface area contributed by atoms with E-state index in [4.69, 9.17) is 5.73 Å². The van der Waals surface area contributed by atoms with E-state index in [0.717, 1.165) is 6.07 Å². The molecule has 9 heteroatoms. The minimum Gasteiger partial charge on any atom is -0.324 e. The fraction of sp³-hybridized carbons (Fsp3) is 0.250. The number of nitro groups is 1. The normalized spacial score (nSPS) is 12.8. The molecule has 0 amide bonds. The lowest BCUT2D eigenvalue weighted by molar-refractivity contribution is -0.385. The first-order chi connectivity index (χ1) is 11.7. The highest BCUT2D eigenvalue weighted by molar-refractivity contribution is 7.89. The fourth-order valence-electron chi connectivity index (χ4n) is 2.46. The molecule has 0 aromatic heterocycles. The van der Waals surface area contributed by atoms with Gasteiger partial charge in [0.25, 0.3) is 5.69 Å². The van der Waals surface area contributed by atoms with Crippen LogP contribution in [-0.2, 0) is 16.4 Å². The van der Waals surface area contributed by atoms with Gasteiger partial charge in [0.15, 0.2) is 0 Å². The molecule has 2 aromatic rings. The number of non-ortho nitro benzene ring substituents is 1. The Labute approximate surface area is 144 Å². The van der Waals surface area contributed by atoms with Crippen molar-refractivity contribution in [1.29, 1.82) is 0 Å². The molecule has 0 spiro atoms. The number of halogens is 1. The zero-order valence-corrected chi connectivity index (χ0v) is 14.5. The van der Waals surface area contributed by atoms with Gasteiger partial charge in [-0.25, -0.2) is 17.5 Å². The molecular formula is C16H18FN3O4S. The van der Waals surface area contributed by atoms with Crippen LogP contribution in [0.25, 0.3) is 0 Å². The fourth-order valence-corrected chi connectivity index (χ4v) is 3.42. The van der Waals surface area contributed by atoms with Crippen molar-refractivity contribution in [1.82, 2.24) is 4.72 Å². The molecule has 0 aliphatic heterocycles. The number of hydrogen-bond donors (Lipinski definition) is 2. The van der Waals surface area contributed by atoms with Gasteiger partial charge in [-0.15, -0.1) is 0 Å². The highest BCUT2D eigenvalue weighted by atomic mass is 32.2. The van der Waals surface area contributed by atoms with E-state index in [1.807, 2.05) is 0 Å². The molecule has 3 N–H and O–H groups in total. The zero-order valence-electron chi connectivity index (χ0n) is 13.7. The van der Waals surface area contributed by atoms with Crippen LogP contribution in [0.15, 0.2) is 41.3 Å². The topological polar surface area (TPSA) is 115 Å². The third kappa shape index (κ3) is 4.19. The van der Waals surface area contributed by atoms with Crippen molar-refractivity contribution < 1.29 is 17.7 Å². The molecule has 0 heterocycles. The Morgan fingerprint density at radius 2 is 1.96 bits per heavy atom. The average Bonchev–Trinajstić information content (AvgIpc) is 2.56. The Morgan fingerprint density at radius 3 is 2.52 bits per heavy atom. The zero-order chi connectivity index (χ0) is 18.8. The van der Waals surface area contributed by atoms with Crippen LogP contribution in [0.3, 0.4) is 0 Å². The summed E-state index contributed by atoms with van der Waals surface area (Å²) in [6.07, 6.45) is 0.0446. The summed E-state index contributed by atoms with van der Waals surface area (Å²) < 4.78 is 39.9. The van der Waals surface area contributed by atoms with Crippen molar-refractivity contribution in [3.05, 3.63) is 69.0 Å². The second kappa shape index (κ2) is 7.26. The lowest BCUT2D eigenvalue weighted by Gasteiger charge is -2.16. The molecule has 0 saturated carbocycles. The van der Waals surface area contributed by atoms with Gasteiger partial charge in [0.05, 0.1) is 9.82 Å². The summed E-state index contributed by atoms with van der Waals surface area (Å²) in [5.41, 5.74) is 7.13. The highest BCUT2D eigenvalue weighted by Crippen LogP contribution is 2.26. The van der Waals surface area contributed by atoms with Crippen LogP contribution >= 0.6 is 0 Å².